The van der Waals surface area contributed by atoms with Crippen molar-refractivity contribution in [3.05, 3.63) is 95.8 Å². The molecule has 1 unspecified atom stereocenters. The van der Waals surface area contributed by atoms with Gasteiger partial charge in [0.2, 0.25) is 21.8 Å². The van der Waals surface area contributed by atoms with Gasteiger partial charge in [-0.25, -0.2) is 12.8 Å². The van der Waals surface area contributed by atoms with Crippen molar-refractivity contribution in [1.29, 1.82) is 0 Å². The Morgan fingerprint density at radius 2 is 1.67 bits per heavy atom. The molecule has 0 radical (unpaired) electrons. The number of carbonyl (C=O) groups excluding carboxylic acids is 2. The number of hydrogen-bond donors (Lipinski definition) is 1. The predicted molar refractivity (Wildman–Crippen MR) is 149 cm³/mol. The summed E-state index contributed by atoms with van der Waals surface area (Å²) in [5.74, 6) is -0.944. The number of halogens is 1. The van der Waals surface area contributed by atoms with Crippen molar-refractivity contribution in [1.82, 2.24) is 10.2 Å². The molecular weight excluding hydrogens is 521 g/mol. The highest BCUT2D eigenvalue weighted by Gasteiger charge is 2.33. The molecule has 1 N–H and O–H groups in total. The minimum absolute atomic E-state index is 0.0220. The molecule has 0 bridgehead atoms. The van der Waals surface area contributed by atoms with E-state index < -0.39 is 34.3 Å². The summed E-state index contributed by atoms with van der Waals surface area (Å²) >= 11 is 0. The van der Waals surface area contributed by atoms with Crippen molar-refractivity contribution in [2.45, 2.75) is 32.4 Å². The van der Waals surface area contributed by atoms with Gasteiger partial charge in [-0.15, -0.1) is 0 Å². The monoisotopic (exact) mass is 555 g/mol. The maximum atomic E-state index is 13.9. The van der Waals surface area contributed by atoms with Gasteiger partial charge >= 0.3 is 0 Å². The van der Waals surface area contributed by atoms with E-state index in [-0.39, 0.29) is 24.6 Å². The highest BCUT2D eigenvalue weighted by molar-refractivity contribution is 7.92. The maximum absolute atomic E-state index is 13.9. The molecule has 3 rings (SSSR count). The normalized spacial score (nSPS) is 11.9. The summed E-state index contributed by atoms with van der Waals surface area (Å²) in [7, 11) is -2.43. The van der Waals surface area contributed by atoms with Crippen LogP contribution in [0.5, 0.6) is 5.75 Å². The molecule has 10 heteroatoms. The topological polar surface area (TPSA) is 96.0 Å². The smallest absolute Gasteiger partial charge is 0.244 e. The fourth-order valence-corrected chi connectivity index (χ4v) is 4.93. The zero-order chi connectivity index (χ0) is 28.4. The standard InChI is InChI=1S/C29H34FN3O5S/c1-4-17-31-29(35)27(18-22-9-6-5-7-10-22)32(20-23-13-15-24(30)16-14-23)28(34)21-33(39(3,36)37)25-11-8-12-26(19-25)38-2/h5-16,19,27H,4,17-18,20-21H2,1-3H3,(H,31,35). The Kier molecular flexibility index (Phi) is 10.4. The van der Waals surface area contributed by atoms with E-state index in [2.05, 4.69) is 5.32 Å². The second-order valence-corrected chi connectivity index (χ2v) is 11.0. The quantitative estimate of drug-likeness (QED) is 0.347. The molecule has 0 aromatic heterocycles. The van der Waals surface area contributed by atoms with E-state index in [0.717, 1.165) is 16.1 Å². The van der Waals surface area contributed by atoms with Gasteiger partial charge in [0.05, 0.1) is 19.1 Å². The Hall–Kier alpha value is -3.92. The number of hydrogen-bond acceptors (Lipinski definition) is 5. The van der Waals surface area contributed by atoms with Crippen LogP contribution in [-0.2, 0) is 32.6 Å². The average Bonchev–Trinajstić information content (AvgIpc) is 2.93. The van der Waals surface area contributed by atoms with Gasteiger partial charge in [-0.05, 0) is 41.8 Å². The minimum Gasteiger partial charge on any atom is -0.497 e. The van der Waals surface area contributed by atoms with Gasteiger partial charge < -0.3 is 15.0 Å². The van der Waals surface area contributed by atoms with E-state index in [1.54, 1.807) is 18.2 Å². The summed E-state index contributed by atoms with van der Waals surface area (Å²) in [6.45, 7) is 1.78. The van der Waals surface area contributed by atoms with Crippen LogP contribution >= 0.6 is 0 Å². The molecule has 1 atom stereocenters. The molecule has 0 aliphatic rings. The van der Waals surface area contributed by atoms with E-state index in [1.165, 1.54) is 42.3 Å². The molecule has 0 fully saturated rings. The van der Waals surface area contributed by atoms with Gasteiger partial charge in [-0.3, -0.25) is 13.9 Å². The largest absolute Gasteiger partial charge is 0.497 e. The van der Waals surface area contributed by atoms with Gasteiger partial charge in [0.15, 0.2) is 0 Å². The SMILES string of the molecule is CCCNC(=O)C(Cc1ccccc1)N(Cc1ccc(F)cc1)C(=O)CN(c1cccc(OC)c1)S(C)(=O)=O. The number of nitrogens with one attached hydrogen (secondary N) is 1. The lowest BCUT2D eigenvalue weighted by Crippen LogP contribution is -2.53. The molecule has 0 aliphatic heterocycles. The van der Waals surface area contributed by atoms with Crippen LogP contribution in [0.2, 0.25) is 0 Å². The Bertz CT molecular complexity index is 1350. The lowest BCUT2D eigenvalue weighted by Gasteiger charge is -2.33. The second-order valence-electron chi connectivity index (χ2n) is 9.12. The van der Waals surface area contributed by atoms with Crippen LogP contribution < -0.4 is 14.4 Å². The van der Waals surface area contributed by atoms with E-state index in [9.17, 15) is 22.4 Å². The number of ether oxygens (including phenoxy) is 1. The number of methoxy groups -OCH3 is 1. The number of benzene rings is 3. The fraction of sp³-hybridized carbons (Fsp3) is 0.310. The van der Waals surface area contributed by atoms with Gasteiger partial charge in [-0.2, -0.15) is 0 Å². The number of sulfonamides is 1. The molecule has 0 saturated carbocycles. The van der Waals surface area contributed by atoms with E-state index in [4.69, 9.17) is 4.74 Å². The van der Waals surface area contributed by atoms with Crippen LogP contribution in [0.1, 0.15) is 24.5 Å². The van der Waals surface area contributed by atoms with Gasteiger partial charge in [0.25, 0.3) is 0 Å². The fourth-order valence-electron chi connectivity index (χ4n) is 4.09. The van der Waals surface area contributed by atoms with Crippen LogP contribution in [0.3, 0.4) is 0 Å². The van der Waals surface area contributed by atoms with Crippen molar-refractivity contribution >= 4 is 27.5 Å². The summed E-state index contributed by atoms with van der Waals surface area (Å²) in [6, 6.07) is 20.3. The number of carbonyl (C=O) groups is 2. The van der Waals surface area contributed by atoms with Crippen LogP contribution in [0.25, 0.3) is 0 Å². The molecule has 0 heterocycles. The van der Waals surface area contributed by atoms with Crippen molar-refractivity contribution in [2.75, 3.05) is 30.8 Å². The Morgan fingerprint density at radius 3 is 2.28 bits per heavy atom. The number of amides is 2. The third kappa shape index (κ3) is 8.54. The first-order chi connectivity index (χ1) is 18.6. The molecule has 3 aromatic carbocycles. The summed E-state index contributed by atoms with van der Waals surface area (Å²) in [6.07, 6.45) is 1.92. The Morgan fingerprint density at radius 1 is 0.974 bits per heavy atom. The highest BCUT2D eigenvalue weighted by Crippen LogP contribution is 2.24. The predicted octanol–water partition coefficient (Wildman–Crippen LogP) is 3.77. The molecule has 0 saturated heterocycles. The highest BCUT2D eigenvalue weighted by atomic mass is 32.2. The Labute approximate surface area is 229 Å². The molecule has 0 spiro atoms. The Balaban J connectivity index is 2.04. The van der Waals surface area contributed by atoms with Crippen LogP contribution in [-0.4, -0.2) is 57.6 Å². The van der Waals surface area contributed by atoms with Gasteiger partial charge in [0.1, 0.15) is 24.2 Å². The van der Waals surface area contributed by atoms with Crippen LogP contribution in [0.15, 0.2) is 78.9 Å². The van der Waals surface area contributed by atoms with Crippen molar-refractivity contribution in [2.24, 2.45) is 0 Å². The zero-order valence-corrected chi connectivity index (χ0v) is 23.2. The zero-order valence-electron chi connectivity index (χ0n) is 22.3. The van der Waals surface area contributed by atoms with E-state index in [0.29, 0.717) is 24.3 Å². The lowest BCUT2D eigenvalue weighted by molar-refractivity contribution is -0.140. The second kappa shape index (κ2) is 13.7. The summed E-state index contributed by atoms with van der Waals surface area (Å²) in [5, 5.41) is 2.87. The van der Waals surface area contributed by atoms with Crippen LogP contribution in [0, 0.1) is 5.82 Å². The summed E-state index contributed by atoms with van der Waals surface area (Å²) in [4.78, 5) is 28.7. The molecule has 39 heavy (non-hydrogen) atoms. The summed E-state index contributed by atoms with van der Waals surface area (Å²) in [5.41, 5.74) is 1.68. The van der Waals surface area contributed by atoms with E-state index in [1.807, 2.05) is 37.3 Å². The molecule has 8 nitrogen and oxygen atoms in total. The number of rotatable bonds is 13. The van der Waals surface area contributed by atoms with Crippen molar-refractivity contribution < 1.29 is 27.1 Å². The first-order valence-electron chi connectivity index (χ1n) is 12.6. The molecule has 3 aromatic rings. The lowest BCUT2D eigenvalue weighted by atomic mass is 10.0. The number of nitrogens with zero attached hydrogens (tertiary/aromatic N) is 2. The van der Waals surface area contributed by atoms with Gasteiger partial charge in [0, 0.05) is 25.6 Å². The van der Waals surface area contributed by atoms with Gasteiger partial charge in [-0.1, -0.05) is 55.5 Å². The third-order valence-electron chi connectivity index (χ3n) is 6.11. The summed E-state index contributed by atoms with van der Waals surface area (Å²) < 4.78 is 45.5. The molecule has 0 aliphatic carbocycles. The van der Waals surface area contributed by atoms with Crippen molar-refractivity contribution in [3.8, 4) is 5.75 Å². The molecule has 2 amide bonds. The minimum atomic E-state index is -3.89. The number of anilines is 1. The maximum Gasteiger partial charge on any atom is 0.244 e. The van der Waals surface area contributed by atoms with Crippen LogP contribution in [0.4, 0.5) is 10.1 Å². The first-order valence-corrected chi connectivity index (χ1v) is 14.4. The van der Waals surface area contributed by atoms with E-state index >= 15 is 0 Å². The first kappa shape index (κ1) is 29.6. The molecule has 208 valence electrons. The van der Waals surface area contributed by atoms with Crippen molar-refractivity contribution in [3.63, 3.8) is 0 Å². The molecular formula is C29H34FN3O5S. The third-order valence-corrected chi connectivity index (χ3v) is 7.25. The average molecular weight is 556 g/mol.